The van der Waals surface area contributed by atoms with Gasteiger partial charge in [0.15, 0.2) is 0 Å². The highest BCUT2D eigenvalue weighted by molar-refractivity contribution is 9.10. The van der Waals surface area contributed by atoms with Gasteiger partial charge in [0.05, 0.1) is 11.1 Å². The summed E-state index contributed by atoms with van der Waals surface area (Å²) in [7, 11) is 0. The van der Waals surface area contributed by atoms with Gasteiger partial charge < -0.3 is 4.74 Å². The summed E-state index contributed by atoms with van der Waals surface area (Å²) in [4.78, 5) is 4.14. The van der Waals surface area contributed by atoms with Gasteiger partial charge in [0.2, 0.25) is 5.88 Å². The Bertz CT molecular complexity index is 286. The Labute approximate surface area is 86.5 Å². The number of rotatable bonds is 3. The van der Waals surface area contributed by atoms with Gasteiger partial charge in [-0.05, 0) is 46.8 Å². The Kier molecular flexibility index (Phi) is 2.83. The standard InChI is InChI=1S/C10H12BrNO/c11-9-5-2-6-12-10(9)13-7-8-3-1-4-8/h2,5-6,8H,1,3-4,7H2. The van der Waals surface area contributed by atoms with Crippen molar-refractivity contribution in [1.82, 2.24) is 4.98 Å². The maximum atomic E-state index is 5.58. The lowest BCUT2D eigenvalue weighted by Gasteiger charge is -2.24. The van der Waals surface area contributed by atoms with Crippen molar-refractivity contribution in [3.63, 3.8) is 0 Å². The second kappa shape index (κ2) is 4.09. The normalized spacial score (nSPS) is 16.7. The monoisotopic (exact) mass is 241 g/mol. The lowest BCUT2D eigenvalue weighted by Crippen LogP contribution is -2.19. The van der Waals surface area contributed by atoms with E-state index in [0.717, 1.165) is 22.9 Å². The fraction of sp³-hybridized carbons (Fsp3) is 0.500. The average Bonchev–Trinajstić information content (AvgIpc) is 2.05. The molecule has 70 valence electrons. The molecule has 0 saturated heterocycles. The van der Waals surface area contributed by atoms with Gasteiger partial charge in [-0.3, -0.25) is 0 Å². The number of nitrogens with zero attached hydrogens (tertiary/aromatic N) is 1. The van der Waals surface area contributed by atoms with Crippen LogP contribution in [0.5, 0.6) is 5.88 Å². The molecule has 1 aromatic rings. The van der Waals surface area contributed by atoms with E-state index in [-0.39, 0.29) is 0 Å². The van der Waals surface area contributed by atoms with Crippen molar-refractivity contribution in [1.29, 1.82) is 0 Å². The van der Waals surface area contributed by atoms with Gasteiger partial charge in [-0.1, -0.05) is 6.42 Å². The van der Waals surface area contributed by atoms with Crippen molar-refractivity contribution in [3.05, 3.63) is 22.8 Å². The Morgan fingerprint density at radius 2 is 2.38 bits per heavy atom. The Morgan fingerprint density at radius 3 is 3.00 bits per heavy atom. The van der Waals surface area contributed by atoms with E-state index in [9.17, 15) is 0 Å². The zero-order valence-corrected chi connectivity index (χ0v) is 8.96. The first kappa shape index (κ1) is 9.00. The summed E-state index contributed by atoms with van der Waals surface area (Å²) in [6.45, 7) is 0.815. The molecule has 2 rings (SSSR count). The van der Waals surface area contributed by atoms with Crippen LogP contribution in [0.3, 0.4) is 0 Å². The van der Waals surface area contributed by atoms with E-state index in [4.69, 9.17) is 4.74 Å². The molecule has 0 radical (unpaired) electrons. The lowest BCUT2D eigenvalue weighted by atomic mass is 9.86. The highest BCUT2D eigenvalue weighted by atomic mass is 79.9. The molecule has 3 heteroatoms. The van der Waals surface area contributed by atoms with E-state index >= 15 is 0 Å². The molecule has 1 saturated carbocycles. The largest absolute Gasteiger partial charge is 0.477 e. The zero-order chi connectivity index (χ0) is 9.10. The number of pyridine rings is 1. The molecule has 0 unspecified atom stereocenters. The molecule has 1 aliphatic rings. The first-order valence-electron chi connectivity index (χ1n) is 4.59. The highest BCUT2D eigenvalue weighted by Crippen LogP contribution is 2.28. The molecule has 2 nitrogen and oxygen atoms in total. The van der Waals surface area contributed by atoms with Crippen LogP contribution in [0.1, 0.15) is 19.3 Å². The highest BCUT2D eigenvalue weighted by Gasteiger charge is 2.18. The van der Waals surface area contributed by atoms with Gasteiger partial charge in [0, 0.05) is 6.20 Å². The second-order valence-electron chi connectivity index (χ2n) is 3.40. The van der Waals surface area contributed by atoms with Gasteiger partial charge in [-0.2, -0.15) is 0 Å². The summed E-state index contributed by atoms with van der Waals surface area (Å²) >= 11 is 3.40. The van der Waals surface area contributed by atoms with Crippen LogP contribution in [-0.2, 0) is 0 Å². The summed E-state index contributed by atoms with van der Waals surface area (Å²) in [6, 6.07) is 3.84. The van der Waals surface area contributed by atoms with Crippen LogP contribution < -0.4 is 4.74 Å². The minimum Gasteiger partial charge on any atom is -0.477 e. The van der Waals surface area contributed by atoms with Gasteiger partial charge >= 0.3 is 0 Å². The molecule has 1 heterocycles. The first-order valence-corrected chi connectivity index (χ1v) is 5.39. The Hall–Kier alpha value is -0.570. The summed E-state index contributed by atoms with van der Waals surface area (Å²) in [6.07, 6.45) is 5.73. The summed E-state index contributed by atoms with van der Waals surface area (Å²) in [5.41, 5.74) is 0. The molecular formula is C10H12BrNO. The third-order valence-electron chi connectivity index (χ3n) is 2.41. The maximum absolute atomic E-state index is 5.58. The fourth-order valence-corrected chi connectivity index (χ4v) is 1.70. The number of halogens is 1. The number of hydrogen-bond donors (Lipinski definition) is 0. The molecular weight excluding hydrogens is 230 g/mol. The minimum atomic E-state index is 0.717. The third-order valence-corrected chi connectivity index (χ3v) is 3.01. The van der Waals surface area contributed by atoms with E-state index in [1.807, 2.05) is 12.1 Å². The number of aromatic nitrogens is 1. The molecule has 13 heavy (non-hydrogen) atoms. The van der Waals surface area contributed by atoms with Crippen molar-refractivity contribution < 1.29 is 4.74 Å². The minimum absolute atomic E-state index is 0.717. The van der Waals surface area contributed by atoms with E-state index < -0.39 is 0 Å². The topological polar surface area (TPSA) is 22.1 Å². The fourth-order valence-electron chi connectivity index (χ4n) is 1.33. The van der Waals surface area contributed by atoms with Crippen LogP contribution >= 0.6 is 15.9 Å². The molecule has 1 aliphatic carbocycles. The van der Waals surface area contributed by atoms with Crippen LogP contribution in [-0.4, -0.2) is 11.6 Å². The number of ether oxygens (including phenoxy) is 1. The quantitative estimate of drug-likeness (QED) is 0.812. The molecule has 0 amide bonds. The van der Waals surface area contributed by atoms with Crippen molar-refractivity contribution >= 4 is 15.9 Å². The van der Waals surface area contributed by atoms with Crippen LogP contribution in [0.25, 0.3) is 0 Å². The predicted octanol–water partition coefficient (Wildman–Crippen LogP) is 3.02. The van der Waals surface area contributed by atoms with Gasteiger partial charge in [0.25, 0.3) is 0 Å². The average molecular weight is 242 g/mol. The molecule has 0 bridgehead atoms. The molecule has 0 spiro atoms. The van der Waals surface area contributed by atoms with Crippen LogP contribution in [0.2, 0.25) is 0 Å². The summed E-state index contributed by atoms with van der Waals surface area (Å²) in [5, 5.41) is 0. The predicted molar refractivity (Wildman–Crippen MR) is 54.8 cm³/mol. The van der Waals surface area contributed by atoms with E-state index in [2.05, 4.69) is 20.9 Å². The maximum Gasteiger partial charge on any atom is 0.227 e. The van der Waals surface area contributed by atoms with Crippen LogP contribution in [0, 0.1) is 5.92 Å². The van der Waals surface area contributed by atoms with Crippen molar-refractivity contribution in [3.8, 4) is 5.88 Å². The van der Waals surface area contributed by atoms with E-state index in [1.54, 1.807) is 6.20 Å². The van der Waals surface area contributed by atoms with E-state index in [1.165, 1.54) is 19.3 Å². The summed E-state index contributed by atoms with van der Waals surface area (Å²) in [5.74, 6) is 1.48. The SMILES string of the molecule is Brc1cccnc1OCC1CCC1. The number of hydrogen-bond acceptors (Lipinski definition) is 2. The van der Waals surface area contributed by atoms with E-state index in [0.29, 0.717) is 0 Å². The molecule has 0 aliphatic heterocycles. The van der Waals surface area contributed by atoms with Crippen molar-refractivity contribution in [2.75, 3.05) is 6.61 Å². The summed E-state index contributed by atoms with van der Waals surface area (Å²) < 4.78 is 6.52. The zero-order valence-electron chi connectivity index (χ0n) is 7.37. The Balaban J connectivity index is 1.89. The molecule has 0 aromatic carbocycles. The molecule has 1 aromatic heterocycles. The smallest absolute Gasteiger partial charge is 0.227 e. The van der Waals surface area contributed by atoms with Gasteiger partial charge in [-0.15, -0.1) is 0 Å². The van der Waals surface area contributed by atoms with Crippen LogP contribution in [0.4, 0.5) is 0 Å². The van der Waals surface area contributed by atoms with Gasteiger partial charge in [0.1, 0.15) is 0 Å². The van der Waals surface area contributed by atoms with Crippen molar-refractivity contribution in [2.45, 2.75) is 19.3 Å². The molecule has 0 N–H and O–H groups in total. The third kappa shape index (κ3) is 2.21. The Morgan fingerprint density at radius 1 is 1.54 bits per heavy atom. The lowest BCUT2D eigenvalue weighted by molar-refractivity contribution is 0.175. The first-order chi connectivity index (χ1) is 6.36. The second-order valence-corrected chi connectivity index (χ2v) is 4.25. The molecule has 1 fully saturated rings. The van der Waals surface area contributed by atoms with Crippen LogP contribution in [0.15, 0.2) is 22.8 Å². The molecule has 0 atom stereocenters. The van der Waals surface area contributed by atoms with Crippen molar-refractivity contribution in [2.24, 2.45) is 5.92 Å². The van der Waals surface area contributed by atoms with Gasteiger partial charge in [-0.25, -0.2) is 4.98 Å².